The number of hydrazone groups is 1. The van der Waals surface area contributed by atoms with Crippen LogP contribution in [0.3, 0.4) is 0 Å². The van der Waals surface area contributed by atoms with E-state index in [0.717, 1.165) is 11.3 Å². The van der Waals surface area contributed by atoms with E-state index >= 15 is 0 Å². The quantitative estimate of drug-likeness (QED) is 0.650. The lowest BCUT2D eigenvalue weighted by Crippen LogP contribution is -2.11. The zero-order valence-electron chi connectivity index (χ0n) is 11.4. The maximum absolute atomic E-state index is 11.1. The standard InChI is InChI=1S/C14H15N3O3S/c1-20-13-6-2-11(3-7-13)10-16-17-12-4-8-14(9-5-12)21(15,18)19/h2-10,17H,1H3,(H2,15,18,19). The van der Waals surface area contributed by atoms with Gasteiger partial charge in [0.1, 0.15) is 5.75 Å². The van der Waals surface area contributed by atoms with Gasteiger partial charge >= 0.3 is 0 Å². The molecule has 0 radical (unpaired) electrons. The molecular weight excluding hydrogens is 290 g/mol. The molecule has 0 saturated heterocycles. The van der Waals surface area contributed by atoms with Crippen molar-refractivity contribution in [3.63, 3.8) is 0 Å². The molecule has 2 rings (SSSR count). The third kappa shape index (κ3) is 4.30. The number of nitrogens with two attached hydrogens (primary N) is 1. The summed E-state index contributed by atoms with van der Waals surface area (Å²) in [5.74, 6) is 0.777. The first-order valence-corrected chi connectivity index (χ1v) is 7.60. The van der Waals surface area contributed by atoms with Crippen molar-refractivity contribution >= 4 is 21.9 Å². The van der Waals surface area contributed by atoms with Gasteiger partial charge in [0.15, 0.2) is 0 Å². The van der Waals surface area contributed by atoms with E-state index in [1.165, 1.54) is 12.1 Å². The van der Waals surface area contributed by atoms with Crippen molar-refractivity contribution in [2.45, 2.75) is 4.90 Å². The third-order valence-electron chi connectivity index (χ3n) is 2.71. The van der Waals surface area contributed by atoms with Crippen LogP contribution in [0.5, 0.6) is 5.75 Å². The summed E-state index contributed by atoms with van der Waals surface area (Å²) in [6.45, 7) is 0. The largest absolute Gasteiger partial charge is 0.497 e. The van der Waals surface area contributed by atoms with E-state index in [4.69, 9.17) is 9.88 Å². The van der Waals surface area contributed by atoms with Crippen LogP contribution in [0, 0.1) is 0 Å². The molecule has 0 amide bonds. The van der Waals surface area contributed by atoms with E-state index in [9.17, 15) is 8.42 Å². The molecule has 0 bridgehead atoms. The molecule has 0 aliphatic carbocycles. The normalized spacial score (nSPS) is 11.5. The molecule has 0 spiro atoms. The van der Waals surface area contributed by atoms with Gasteiger partial charge in [-0.2, -0.15) is 5.10 Å². The predicted molar refractivity (Wildman–Crippen MR) is 82.0 cm³/mol. The summed E-state index contributed by atoms with van der Waals surface area (Å²) in [4.78, 5) is 0.0622. The fourth-order valence-electron chi connectivity index (χ4n) is 1.59. The highest BCUT2D eigenvalue weighted by atomic mass is 32.2. The highest BCUT2D eigenvalue weighted by molar-refractivity contribution is 7.89. The Balaban J connectivity index is 2.00. The summed E-state index contributed by atoms with van der Waals surface area (Å²) in [6.07, 6.45) is 1.65. The van der Waals surface area contributed by atoms with Gasteiger partial charge in [-0.1, -0.05) is 0 Å². The molecule has 110 valence electrons. The summed E-state index contributed by atoms with van der Waals surface area (Å²) in [7, 11) is -2.06. The van der Waals surface area contributed by atoms with Crippen LogP contribution < -0.4 is 15.3 Å². The monoisotopic (exact) mass is 305 g/mol. The minimum absolute atomic E-state index is 0.0622. The van der Waals surface area contributed by atoms with Crippen molar-refractivity contribution in [2.75, 3.05) is 12.5 Å². The van der Waals surface area contributed by atoms with Crippen molar-refractivity contribution in [2.24, 2.45) is 10.2 Å². The van der Waals surface area contributed by atoms with Crippen LogP contribution in [0.2, 0.25) is 0 Å². The van der Waals surface area contributed by atoms with E-state index < -0.39 is 10.0 Å². The minimum Gasteiger partial charge on any atom is -0.497 e. The molecule has 0 aliphatic heterocycles. The number of anilines is 1. The first-order valence-electron chi connectivity index (χ1n) is 6.05. The Morgan fingerprint density at radius 2 is 1.71 bits per heavy atom. The van der Waals surface area contributed by atoms with Crippen molar-refractivity contribution in [3.05, 3.63) is 54.1 Å². The smallest absolute Gasteiger partial charge is 0.238 e. The van der Waals surface area contributed by atoms with Crippen LogP contribution in [0.1, 0.15) is 5.56 Å². The van der Waals surface area contributed by atoms with Gasteiger partial charge in [0.2, 0.25) is 10.0 Å². The molecule has 0 unspecified atom stereocenters. The average molecular weight is 305 g/mol. The highest BCUT2D eigenvalue weighted by Crippen LogP contribution is 2.13. The predicted octanol–water partition coefficient (Wildman–Crippen LogP) is 1.79. The molecule has 2 aromatic rings. The van der Waals surface area contributed by atoms with E-state index in [-0.39, 0.29) is 4.90 Å². The summed E-state index contributed by atoms with van der Waals surface area (Å²) in [5, 5.41) is 9.08. The van der Waals surface area contributed by atoms with Gasteiger partial charge in [0.25, 0.3) is 0 Å². The van der Waals surface area contributed by atoms with Gasteiger partial charge in [-0.3, -0.25) is 5.43 Å². The van der Waals surface area contributed by atoms with Crippen molar-refractivity contribution in [1.82, 2.24) is 0 Å². The Kier molecular flexibility index (Phi) is 4.56. The first kappa shape index (κ1) is 15.0. The number of rotatable bonds is 5. The molecular formula is C14H15N3O3S. The Bertz CT molecular complexity index is 723. The number of primary sulfonamides is 1. The molecule has 0 fully saturated rings. The molecule has 0 atom stereocenters. The van der Waals surface area contributed by atoms with Crippen LogP contribution in [0.25, 0.3) is 0 Å². The zero-order valence-corrected chi connectivity index (χ0v) is 12.2. The highest BCUT2D eigenvalue weighted by Gasteiger charge is 2.05. The fourth-order valence-corrected chi connectivity index (χ4v) is 2.11. The molecule has 7 heteroatoms. The number of hydrogen-bond donors (Lipinski definition) is 2. The Labute approximate surface area is 123 Å². The zero-order chi connectivity index (χ0) is 15.3. The van der Waals surface area contributed by atoms with Crippen LogP contribution in [0.15, 0.2) is 58.5 Å². The number of hydrogen-bond acceptors (Lipinski definition) is 5. The fraction of sp³-hybridized carbons (Fsp3) is 0.0714. The Morgan fingerprint density at radius 3 is 2.24 bits per heavy atom. The van der Waals surface area contributed by atoms with Crippen LogP contribution in [0.4, 0.5) is 5.69 Å². The lowest BCUT2D eigenvalue weighted by atomic mass is 10.2. The lowest BCUT2D eigenvalue weighted by Gasteiger charge is -2.02. The van der Waals surface area contributed by atoms with Crippen LogP contribution in [-0.4, -0.2) is 21.7 Å². The molecule has 21 heavy (non-hydrogen) atoms. The third-order valence-corrected chi connectivity index (χ3v) is 3.64. The SMILES string of the molecule is COc1ccc(C=NNc2ccc(S(N)(=O)=O)cc2)cc1. The van der Waals surface area contributed by atoms with E-state index in [2.05, 4.69) is 10.5 Å². The first-order chi connectivity index (χ1) is 9.99. The van der Waals surface area contributed by atoms with Gasteiger partial charge in [-0.05, 0) is 54.1 Å². The van der Waals surface area contributed by atoms with Gasteiger partial charge in [0.05, 0.1) is 23.9 Å². The maximum atomic E-state index is 11.1. The minimum atomic E-state index is -3.67. The van der Waals surface area contributed by atoms with E-state index in [1.54, 1.807) is 25.5 Å². The van der Waals surface area contributed by atoms with Gasteiger partial charge < -0.3 is 4.74 Å². The van der Waals surface area contributed by atoms with E-state index in [0.29, 0.717) is 5.69 Å². The number of sulfonamides is 1. The average Bonchev–Trinajstić information content (AvgIpc) is 2.47. The van der Waals surface area contributed by atoms with E-state index in [1.807, 2.05) is 24.3 Å². The molecule has 0 aromatic heterocycles. The van der Waals surface area contributed by atoms with Crippen molar-refractivity contribution < 1.29 is 13.2 Å². The molecule has 0 aliphatic rings. The van der Waals surface area contributed by atoms with Gasteiger partial charge in [-0.25, -0.2) is 13.6 Å². The van der Waals surface area contributed by atoms with Gasteiger partial charge in [0, 0.05) is 0 Å². The molecule has 6 nitrogen and oxygen atoms in total. The second-order valence-corrected chi connectivity index (χ2v) is 5.77. The number of nitrogens with zero attached hydrogens (tertiary/aromatic N) is 1. The van der Waals surface area contributed by atoms with Crippen molar-refractivity contribution in [3.8, 4) is 5.75 Å². The maximum Gasteiger partial charge on any atom is 0.238 e. The Hall–Kier alpha value is -2.38. The topological polar surface area (TPSA) is 93.8 Å². The lowest BCUT2D eigenvalue weighted by molar-refractivity contribution is 0.415. The summed E-state index contributed by atoms with van der Waals surface area (Å²) >= 11 is 0. The number of benzene rings is 2. The summed E-state index contributed by atoms with van der Waals surface area (Å²) in [6, 6.07) is 13.4. The summed E-state index contributed by atoms with van der Waals surface area (Å²) in [5.41, 5.74) is 4.37. The number of ether oxygens (including phenoxy) is 1. The Morgan fingerprint density at radius 1 is 1.10 bits per heavy atom. The second kappa shape index (κ2) is 6.38. The van der Waals surface area contributed by atoms with Gasteiger partial charge in [-0.15, -0.1) is 0 Å². The molecule has 0 heterocycles. The number of methoxy groups -OCH3 is 1. The van der Waals surface area contributed by atoms with Crippen LogP contribution in [-0.2, 0) is 10.0 Å². The summed E-state index contributed by atoms with van der Waals surface area (Å²) < 4.78 is 27.3. The molecule has 2 aromatic carbocycles. The van der Waals surface area contributed by atoms with Crippen molar-refractivity contribution in [1.29, 1.82) is 0 Å². The van der Waals surface area contributed by atoms with Crippen LogP contribution >= 0.6 is 0 Å². The number of nitrogens with one attached hydrogen (secondary N) is 1. The molecule has 3 N–H and O–H groups in total. The molecule has 0 saturated carbocycles. The second-order valence-electron chi connectivity index (χ2n) is 4.21.